The summed E-state index contributed by atoms with van der Waals surface area (Å²) in [4.78, 5) is 16.2. The fourth-order valence-corrected chi connectivity index (χ4v) is 4.58. The van der Waals surface area contributed by atoms with Crippen LogP contribution in [0.25, 0.3) is 11.1 Å². The molecule has 150 valence electrons. The smallest absolute Gasteiger partial charge is 0.219 e. The number of anilines is 2. The zero-order valence-electron chi connectivity index (χ0n) is 17.1. The van der Waals surface area contributed by atoms with Crippen LogP contribution in [0.3, 0.4) is 0 Å². The summed E-state index contributed by atoms with van der Waals surface area (Å²) in [5.74, 6) is 1.61. The molecule has 0 aliphatic carbocycles. The Balaban J connectivity index is 1.54. The first-order valence-electron chi connectivity index (χ1n) is 10.2. The lowest BCUT2D eigenvalue weighted by Crippen LogP contribution is -2.36. The van der Waals surface area contributed by atoms with Gasteiger partial charge >= 0.3 is 0 Å². The Morgan fingerprint density at radius 2 is 2.14 bits per heavy atom. The fraction of sp³-hybridized carbons (Fsp3) is 0.409. The number of carbonyl (C=O) groups is 1. The number of amides is 1. The highest BCUT2D eigenvalue weighted by Gasteiger charge is 2.30. The van der Waals surface area contributed by atoms with E-state index in [-0.39, 0.29) is 5.91 Å². The van der Waals surface area contributed by atoms with E-state index < -0.39 is 0 Å². The highest BCUT2D eigenvalue weighted by molar-refractivity contribution is 5.76. The Labute approximate surface area is 170 Å². The van der Waals surface area contributed by atoms with Gasteiger partial charge in [0, 0.05) is 62.2 Å². The van der Waals surface area contributed by atoms with E-state index in [1.807, 2.05) is 29.0 Å². The predicted octanol–water partition coefficient (Wildman–Crippen LogP) is 3.05. The summed E-state index contributed by atoms with van der Waals surface area (Å²) in [5.41, 5.74) is 7.19. The van der Waals surface area contributed by atoms with Crippen LogP contribution in [0.5, 0.6) is 0 Å². The van der Waals surface area contributed by atoms with Crippen LogP contribution in [0.1, 0.15) is 30.7 Å². The molecule has 0 spiro atoms. The van der Waals surface area contributed by atoms with Crippen LogP contribution in [-0.2, 0) is 31.2 Å². The maximum Gasteiger partial charge on any atom is 0.219 e. The quantitative estimate of drug-likeness (QED) is 0.730. The number of benzene rings is 1. The molecular weight excluding hydrogens is 364 g/mol. The number of nitrogens with zero attached hydrogens (tertiary/aromatic N) is 5. The van der Waals surface area contributed by atoms with Gasteiger partial charge in [-0.1, -0.05) is 13.0 Å². The molecule has 7 heteroatoms. The third kappa shape index (κ3) is 3.10. The van der Waals surface area contributed by atoms with Crippen molar-refractivity contribution >= 4 is 17.4 Å². The number of aryl methyl sites for hydroxylation is 1. The first-order valence-corrected chi connectivity index (χ1v) is 10.2. The van der Waals surface area contributed by atoms with Gasteiger partial charge in [-0.25, -0.2) is 0 Å². The van der Waals surface area contributed by atoms with E-state index in [9.17, 15) is 4.79 Å². The zero-order valence-corrected chi connectivity index (χ0v) is 17.1. The summed E-state index contributed by atoms with van der Waals surface area (Å²) in [7, 11) is 1.94. The molecule has 1 unspecified atom stereocenters. The van der Waals surface area contributed by atoms with Gasteiger partial charge in [-0.05, 0) is 35.6 Å². The molecule has 2 aliphatic heterocycles. The maximum atomic E-state index is 11.9. The molecule has 0 saturated heterocycles. The molecule has 4 heterocycles. The third-order valence-corrected chi connectivity index (χ3v) is 6.08. The van der Waals surface area contributed by atoms with Crippen LogP contribution in [0, 0.1) is 5.92 Å². The largest absolute Gasteiger partial charge is 0.338 e. The SMILES string of the molecule is CC(=O)N1CCc2[nH]nc(N3CC(C)Cc4cc(-c5cnn(C)c5)ccc43)c2C1. The van der Waals surface area contributed by atoms with E-state index in [2.05, 4.69) is 45.3 Å². The first kappa shape index (κ1) is 18.0. The molecule has 0 saturated carbocycles. The fourth-order valence-electron chi connectivity index (χ4n) is 4.58. The van der Waals surface area contributed by atoms with Crippen molar-refractivity contribution < 1.29 is 4.79 Å². The molecule has 1 aromatic carbocycles. The second-order valence-electron chi connectivity index (χ2n) is 8.36. The predicted molar refractivity (Wildman–Crippen MR) is 112 cm³/mol. The van der Waals surface area contributed by atoms with Crippen molar-refractivity contribution in [2.45, 2.75) is 33.2 Å². The molecule has 0 radical (unpaired) electrons. The van der Waals surface area contributed by atoms with E-state index in [4.69, 9.17) is 0 Å². The Kier molecular flexibility index (Phi) is 4.19. The Hall–Kier alpha value is -3.09. The van der Waals surface area contributed by atoms with Crippen molar-refractivity contribution in [3.05, 3.63) is 47.4 Å². The molecule has 7 nitrogen and oxygen atoms in total. The molecule has 2 aliphatic rings. The second kappa shape index (κ2) is 6.76. The molecule has 1 amide bonds. The van der Waals surface area contributed by atoms with Gasteiger partial charge in [-0.15, -0.1) is 0 Å². The van der Waals surface area contributed by atoms with Crippen LogP contribution in [0.2, 0.25) is 0 Å². The molecule has 5 rings (SSSR count). The zero-order chi connectivity index (χ0) is 20.1. The number of aromatic nitrogens is 4. The van der Waals surface area contributed by atoms with Crippen molar-refractivity contribution in [2.24, 2.45) is 13.0 Å². The van der Waals surface area contributed by atoms with E-state index in [1.54, 1.807) is 6.92 Å². The molecule has 0 fully saturated rings. The van der Waals surface area contributed by atoms with Crippen molar-refractivity contribution in [3.63, 3.8) is 0 Å². The van der Waals surface area contributed by atoms with Crippen LogP contribution in [-0.4, -0.2) is 43.9 Å². The number of nitrogens with one attached hydrogen (secondary N) is 1. The molecular formula is C22H26N6O. The van der Waals surface area contributed by atoms with E-state index in [1.165, 1.54) is 16.8 Å². The Bertz CT molecular complexity index is 1080. The van der Waals surface area contributed by atoms with Gasteiger partial charge < -0.3 is 9.80 Å². The maximum absolute atomic E-state index is 11.9. The van der Waals surface area contributed by atoms with E-state index in [0.29, 0.717) is 12.5 Å². The van der Waals surface area contributed by atoms with Crippen molar-refractivity contribution in [3.8, 4) is 11.1 Å². The van der Waals surface area contributed by atoms with E-state index >= 15 is 0 Å². The van der Waals surface area contributed by atoms with Crippen molar-refractivity contribution in [2.75, 3.05) is 18.0 Å². The normalized spacial score (nSPS) is 18.5. The number of rotatable bonds is 2. The summed E-state index contributed by atoms with van der Waals surface area (Å²) in [6, 6.07) is 6.66. The van der Waals surface area contributed by atoms with Gasteiger partial charge in [-0.2, -0.15) is 10.2 Å². The number of H-pyrrole nitrogens is 1. The van der Waals surface area contributed by atoms with Gasteiger partial charge in [-0.3, -0.25) is 14.6 Å². The Morgan fingerprint density at radius 1 is 1.28 bits per heavy atom. The first-order chi connectivity index (χ1) is 14.0. The van der Waals surface area contributed by atoms with Crippen LogP contribution >= 0.6 is 0 Å². The monoisotopic (exact) mass is 390 g/mol. The summed E-state index contributed by atoms with van der Waals surface area (Å²) in [6.45, 7) is 6.24. The molecule has 3 aromatic rings. The standard InChI is InChI=1S/C22H26N6O/c1-14-8-17-9-16(18-10-23-26(3)12-18)4-5-21(17)28(11-14)22-19-13-27(15(2)29)7-6-20(19)24-25-22/h4-5,9-10,12,14H,6-8,11,13H2,1-3H3,(H,24,25). The van der Waals surface area contributed by atoms with Gasteiger partial charge in [0.1, 0.15) is 0 Å². The average molecular weight is 390 g/mol. The summed E-state index contributed by atoms with van der Waals surface area (Å²) >= 11 is 0. The molecule has 29 heavy (non-hydrogen) atoms. The number of fused-ring (bicyclic) bond motifs is 2. The molecule has 1 N–H and O–H groups in total. The molecule has 1 atom stereocenters. The second-order valence-corrected chi connectivity index (χ2v) is 8.36. The van der Waals surface area contributed by atoms with Gasteiger partial charge in [0.05, 0.1) is 12.7 Å². The number of hydrogen-bond acceptors (Lipinski definition) is 4. The van der Waals surface area contributed by atoms with Crippen LogP contribution in [0.4, 0.5) is 11.5 Å². The number of aromatic amines is 1. The summed E-state index contributed by atoms with van der Waals surface area (Å²) in [5, 5.41) is 12.2. The Morgan fingerprint density at radius 3 is 2.90 bits per heavy atom. The summed E-state index contributed by atoms with van der Waals surface area (Å²) in [6.07, 6.45) is 5.84. The number of hydrogen-bond donors (Lipinski definition) is 1. The van der Waals surface area contributed by atoms with Gasteiger partial charge in [0.15, 0.2) is 5.82 Å². The minimum absolute atomic E-state index is 0.122. The summed E-state index contributed by atoms with van der Waals surface area (Å²) < 4.78 is 1.83. The highest BCUT2D eigenvalue weighted by atomic mass is 16.2. The minimum Gasteiger partial charge on any atom is -0.338 e. The van der Waals surface area contributed by atoms with Gasteiger partial charge in [0.25, 0.3) is 0 Å². The minimum atomic E-state index is 0.122. The van der Waals surface area contributed by atoms with Crippen molar-refractivity contribution in [1.29, 1.82) is 0 Å². The lowest BCUT2D eigenvalue weighted by Gasteiger charge is -2.35. The number of carbonyl (C=O) groups excluding carboxylic acids is 1. The molecule has 2 aromatic heterocycles. The van der Waals surface area contributed by atoms with Crippen LogP contribution in [0.15, 0.2) is 30.6 Å². The van der Waals surface area contributed by atoms with E-state index in [0.717, 1.165) is 48.6 Å². The topological polar surface area (TPSA) is 70.1 Å². The molecule has 0 bridgehead atoms. The third-order valence-electron chi connectivity index (χ3n) is 6.08. The van der Waals surface area contributed by atoms with Crippen LogP contribution < -0.4 is 4.90 Å². The lowest BCUT2D eigenvalue weighted by molar-refractivity contribution is -0.129. The van der Waals surface area contributed by atoms with Crippen molar-refractivity contribution in [1.82, 2.24) is 24.9 Å². The van der Waals surface area contributed by atoms with Gasteiger partial charge in [0.2, 0.25) is 5.91 Å². The average Bonchev–Trinajstić information content (AvgIpc) is 3.32. The highest BCUT2D eigenvalue weighted by Crippen LogP contribution is 2.39. The lowest BCUT2D eigenvalue weighted by atomic mass is 9.91.